The van der Waals surface area contributed by atoms with Crippen LogP contribution in [0.5, 0.6) is 0 Å². The molecule has 2 aromatic heterocycles. The lowest BCUT2D eigenvalue weighted by atomic mass is 10.1. The van der Waals surface area contributed by atoms with Crippen molar-refractivity contribution in [1.29, 1.82) is 0 Å². The number of hydrogen-bond acceptors (Lipinski definition) is 4. The lowest BCUT2D eigenvalue weighted by Gasteiger charge is -2.16. The number of rotatable bonds is 5. The number of nitrogens with zero attached hydrogens (tertiary/aromatic N) is 2. The monoisotopic (exact) mass is 236 g/mol. The second kappa shape index (κ2) is 5.25. The number of nitrogens with one attached hydrogen (secondary N) is 1. The van der Waals surface area contributed by atoms with E-state index in [-0.39, 0.29) is 6.04 Å². The fourth-order valence-electron chi connectivity index (χ4n) is 1.78. The molecule has 0 aliphatic carbocycles. The molecule has 1 atom stereocenters. The van der Waals surface area contributed by atoms with Gasteiger partial charge in [0.2, 0.25) is 0 Å². The summed E-state index contributed by atoms with van der Waals surface area (Å²) >= 11 is 1.75. The van der Waals surface area contributed by atoms with Crippen LogP contribution in [0, 0.1) is 0 Å². The zero-order chi connectivity index (χ0) is 11.4. The number of thiophene rings is 1. The lowest BCUT2D eigenvalue weighted by Crippen LogP contribution is -2.31. The summed E-state index contributed by atoms with van der Waals surface area (Å²) in [5.41, 5.74) is 4.00. The molecule has 2 heterocycles. The van der Waals surface area contributed by atoms with Gasteiger partial charge in [-0.15, -0.1) is 11.3 Å². The van der Waals surface area contributed by atoms with Crippen molar-refractivity contribution >= 4 is 11.3 Å². The van der Waals surface area contributed by atoms with Gasteiger partial charge in [-0.05, 0) is 24.4 Å². The van der Waals surface area contributed by atoms with Crippen LogP contribution in [0.3, 0.4) is 0 Å². The first-order valence-electron chi connectivity index (χ1n) is 5.35. The maximum atomic E-state index is 5.62. The molecule has 16 heavy (non-hydrogen) atoms. The topological polar surface area (TPSA) is 55.9 Å². The fraction of sp³-hybridized carbons (Fsp3) is 0.364. The predicted molar refractivity (Wildman–Crippen MR) is 66.0 cm³/mol. The number of nitrogens with two attached hydrogens (primary N) is 1. The first-order chi connectivity index (χ1) is 7.85. The van der Waals surface area contributed by atoms with Gasteiger partial charge >= 0.3 is 0 Å². The van der Waals surface area contributed by atoms with E-state index >= 15 is 0 Å². The van der Waals surface area contributed by atoms with Crippen molar-refractivity contribution in [3.63, 3.8) is 0 Å². The quantitative estimate of drug-likeness (QED) is 0.614. The Hall–Kier alpha value is -1.17. The average molecular weight is 236 g/mol. The number of hydrogen-bond donors (Lipinski definition) is 2. The molecule has 0 saturated carbocycles. The van der Waals surface area contributed by atoms with Crippen LogP contribution >= 0.6 is 11.3 Å². The van der Waals surface area contributed by atoms with Crippen molar-refractivity contribution in [2.24, 2.45) is 5.84 Å². The van der Waals surface area contributed by atoms with Gasteiger partial charge in [-0.25, -0.2) is 0 Å². The van der Waals surface area contributed by atoms with Gasteiger partial charge in [-0.3, -0.25) is 16.0 Å². The zero-order valence-electron chi connectivity index (χ0n) is 9.26. The second-order valence-electron chi connectivity index (χ2n) is 3.57. The average Bonchev–Trinajstić information content (AvgIpc) is 2.96. The Morgan fingerprint density at radius 1 is 1.56 bits per heavy atom. The molecule has 0 aromatic carbocycles. The first kappa shape index (κ1) is 11.3. The van der Waals surface area contributed by atoms with Crippen LogP contribution in [0.1, 0.15) is 23.5 Å². The molecule has 86 valence electrons. The molecule has 0 spiro atoms. The minimum atomic E-state index is 0.126. The highest BCUT2D eigenvalue weighted by Crippen LogP contribution is 2.20. The molecule has 5 heteroatoms. The van der Waals surface area contributed by atoms with Gasteiger partial charge in [-0.2, -0.15) is 5.10 Å². The minimum absolute atomic E-state index is 0.126. The predicted octanol–water partition coefficient (Wildman–Crippen LogP) is 1.71. The Labute approximate surface area is 99.1 Å². The van der Waals surface area contributed by atoms with E-state index in [0.717, 1.165) is 18.7 Å². The van der Waals surface area contributed by atoms with Crippen molar-refractivity contribution in [2.45, 2.75) is 25.9 Å². The molecule has 0 aliphatic heterocycles. The van der Waals surface area contributed by atoms with Gasteiger partial charge in [0, 0.05) is 24.0 Å². The third-order valence-electron chi connectivity index (χ3n) is 2.59. The van der Waals surface area contributed by atoms with Crippen LogP contribution < -0.4 is 11.3 Å². The third-order valence-corrected chi connectivity index (χ3v) is 3.49. The lowest BCUT2D eigenvalue weighted by molar-refractivity contribution is 0.493. The minimum Gasteiger partial charge on any atom is -0.271 e. The molecule has 2 aromatic rings. The Bertz CT molecular complexity index is 421. The molecule has 0 aliphatic rings. The number of aromatic nitrogens is 2. The summed E-state index contributed by atoms with van der Waals surface area (Å²) in [6, 6.07) is 6.33. The molecular weight excluding hydrogens is 220 g/mol. The smallest absolute Gasteiger partial charge is 0.0677 e. The van der Waals surface area contributed by atoms with Gasteiger partial charge in [0.15, 0.2) is 0 Å². The standard InChI is InChI=1S/C11H16N4S/c1-2-15-11(5-6-13-15)10(14-12)8-9-4-3-7-16-9/h3-7,10,14H,2,8,12H2,1H3. The molecule has 1 unspecified atom stereocenters. The van der Waals surface area contributed by atoms with E-state index in [9.17, 15) is 0 Å². The van der Waals surface area contributed by atoms with E-state index in [1.807, 2.05) is 16.9 Å². The molecular formula is C11H16N4S. The normalized spacial score (nSPS) is 12.9. The Morgan fingerprint density at radius 2 is 2.44 bits per heavy atom. The number of aryl methyl sites for hydroxylation is 1. The molecule has 0 bridgehead atoms. The van der Waals surface area contributed by atoms with Gasteiger partial charge < -0.3 is 0 Å². The van der Waals surface area contributed by atoms with E-state index in [1.165, 1.54) is 4.88 Å². The fourth-order valence-corrected chi connectivity index (χ4v) is 2.53. The summed E-state index contributed by atoms with van der Waals surface area (Å²) in [6.45, 7) is 2.94. The first-order valence-corrected chi connectivity index (χ1v) is 6.23. The summed E-state index contributed by atoms with van der Waals surface area (Å²) in [5, 5.41) is 6.34. The van der Waals surface area contributed by atoms with Crippen molar-refractivity contribution in [2.75, 3.05) is 0 Å². The van der Waals surface area contributed by atoms with Crippen LogP contribution in [-0.2, 0) is 13.0 Å². The van der Waals surface area contributed by atoms with E-state index in [1.54, 1.807) is 11.3 Å². The highest BCUT2D eigenvalue weighted by Gasteiger charge is 2.15. The second-order valence-corrected chi connectivity index (χ2v) is 4.61. The SMILES string of the molecule is CCn1nccc1C(Cc1cccs1)NN. The van der Waals surface area contributed by atoms with E-state index in [2.05, 4.69) is 35.0 Å². The highest BCUT2D eigenvalue weighted by molar-refractivity contribution is 7.09. The molecule has 2 rings (SSSR count). The molecule has 0 radical (unpaired) electrons. The van der Waals surface area contributed by atoms with Crippen LogP contribution in [0.25, 0.3) is 0 Å². The summed E-state index contributed by atoms with van der Waals surface area (Å²) in [6.07, 6.45) is 2.72. The zero-order valence-corrected chi connectivity index (χ0v) is 10.1. The summed E-state index contributed by atoms with van der Waals surface area (Å²) in [7, 11) is 0. The van der Waals surface area contributed by atoms with Gasteiger partial charge in [0.1, 0.15) is 0 Å². The molecule has 3 N–H and O–H groups in total. The Morgan fingerprint density at radius 3 is 3.06 bits per heavy atom. The van der Waals surface area contributed by atoms with Gasteiger partial charge in [-0.1, -0.05) is 6.07 Å². The maximum Gasteiger partial charge on any atom is 0.0677 e. The van der Waals surface area contributed by atoms with E-state index < -0.39 is 0 Å². The van der Waals surface area contributed by atoms with Crippen molar-refractivity contribution in [3.8, 4) is 0 Å². The van der Waals surface area contributed by atoms with Crippen LogP contribution in [0.4, 0.5) is 0 Å². The molecule has 0 saturated heterocycles. The largest absolute Gasteiger partial charge is 0.271 e. The molecule has 0 fully saturated rings. The van der Waals surface area contributed by atoms with E-state index in [4.69, 9.17) is 5.84 Å². The van der Waals surface area contributed by atoms with Crippen molar-refractivity contribution in [1.82, 2.24) is 15.2 Å². The van der Waals surface area contributed by atoms with Crippen LogP contribution in [-0.4, -0.2) is 9.78 Å². The van der Waals surface area contributed by atoms with Crippen LogP contribution in [0.15, 0.2) is 29.8 Å². The van der Waals surface area contributed by atoms with Crippen molar-refractivity contribution < 1.29 is 0 Å². The number of hydrazine groups is 1. The van der Waals surface area contributed by atoms with Crippen LogP contribution in [0.2, 0.25) is 0 Å². The Balaban J connectivity index is 2.16. The van der Waals surface area contributed by atoms with Crippen molar-refractivity contribution in [3.05, 3.63) is 40.3 Å². The highest BCUT2D eigenvalue weighted by atomic mass is 32.1. The van der Waals surface area contributed by atoms with Gasteiger partial charge in [0.25, 0.3) is 0 Å². The molecule has 4 nitrogen and oxygen atoms in total. The summed E-state index contributed by atoms with van der Waals surface area (Å²) in [4.78, 5) is 1.33. The summed E-state index contributed by atoms with van der Waals surface area (Å²) in [5.74, 6) is 5.62. The Kier molecular flexibility index (Phi) is 3.71. The van der Waals surface area contributed by atoms with E-state index in [0.29, 0.717) is 0 Å². The molecule has 0 amide bonds. The maximum absolute atomic E-state index is 5.62. The van der Waals surface area contributed by atoms with Gasteiger partial charge in [0.05, 0.1) is 11.7 Å². The summed E-state index contributed by atoms with van der Waals surface area (Å²) < 4.78 is 1.97. The third kappa shape index (κ3) is 2.32.